The number of amides is 2. The summed E-state index contributed by atoms with van der Waals surface area (Å²) in [6, 6.07) is 31.8. The lowest BCUT2D eigenvalue weighted by atomic mass is 9.87. The molecule has 0 aliphatic carbocycles. The van der Waals surface area contributed by atoms with Crippen molar-refractivity contribution in [3.05, 3.63) is 131 Å². The molecule has 2 saturated heterocycles. The minimum atomic E-state index is -3.82. The van der Waals surface area contributed by atoms with E-state index < -0.39 is 10.0 Å². The van der Waals surface area contributed by atoms with E-state index in [1.54, 1.807) is 29.2 Å². The Bertz CT molecular complexity index is 1930. The van der Waals surface area contributed by atoms with E-state index in [1.807, 2.05) is 77.7 Å². The molecule has 4 aromatic carbocycles. The second kappa shape index (κ2) is 17.8. The van der Waals surface area contributed by atoms with Gasteiger partial charge in [-0.1, -0.05) is 92.1 Å². The molecule has 6 rings (SSSR count). The molecule has 2 amide bonds. The molecule has 0 spiro atoms. The Morgan fingerprint density at radius 3 is 2.08 bits per heavy atom. The molecule has 272 valence electrons. The maximum atomic E-state index is 13.6. The second-order valence-corrected chi connectivity index (χ2v) is 15.8. The monoisotopic (exact) mass is 718 g/mol. The van der Waals surface area contributed by atoms with Crippen LogP contribution in [0.2, 0.25) is 0 Å². The Morgan fingerprint density at radius 2 is 1.38 bits per heavy atom. The summed E-state index contributed by atoms with van der Waals surface area (Å²) in [5.41, 5.74) is 5.22. The highest BCUT2D eigenvalue weighted by Crippen LogP contribution is 2.28. The van der Waals surface area contributed by atoms with Crippen LogP contribution in [0.4, 0.5) is 0 Å². The molecule has 9 heteroatoms. The number of likely N-dealkylation sites (tertiary alicyclic amines) is 1. The van der Waals surface area contributed by atoms with E-state index in [4.69, 9.17) is 5.14 Å². The minimum absolute atomic E-state index is 0.0225. The summed E-state index contributed by atoms with van der Waals surface area (Å²) < 4.78 is 23.6. The van der Waals surface area contributed by atoms with Gasteiger partial charge in [0.2, 0.25) is 15.9 Å². The maximum absolute atomic E-state index is 13.6. The molecule has 0 aromatic heterocycles. The van der Waals surface area contributed by atoms with E-state index >= 15 is 0 Å². The number of sulfonamides is 1. The molecular formula is C43H50N4O4S. The van der Waals surface area contributed by atoms with Gasteiger partial charge in [-0.05, 0) is 115 Å². The molecule has 2 aliphatic heterocycles. The van der Waals surface area contributed by atoms with Gasteiger partial charge >= 0.3 is 0 Å². The predicted molar refractivity (Wildman–Crippen MR) is 207 cm³/mol. The molecule has 2 aliphatic rings. The molecule has 0 radical (unpaired) electrons. The largest absolute Gasteiger partial charge is 0.339 e. The summed E-state index contributed by atoms with van der Waals surface area (Å²) in [5.74, 6) is 1.50. The van der Waals surface area contributed by atoms with E-state index in [1.165, 1.54) is 44.2 Å². The van der Waals surface area contributed by atoms with E-state index in [9.17, 15) is 18.0 Å². The summed E-state index contributed by atoms with van der Waals surface area (Å²) in [6.45, 7) is 4.54. The van der Waals surface area contributed by atoms with Crippen LogP contribution >= 0.6 is 0 Å². The number of hydrogen-bond acceptors (Lipinski definition) is 5. The van der Waals surface area contributed by atoms with Crippen LogP contribution in [0.1, 0.15) is 72.0 Å². The van der Waals surface area contributed by atoms with Gasteiger partial charge in [-0.25, -0.2) is 13.6 Å². The first kappa shape index (κ1) is 37.2. The summed E-state index contributed by atoms with van der Waals surface area (Å²) in [6.07, 6.45) is 12.0. The Hall–Kier alpha value is -4.57. The Morgan fingerprint density at radius 1 is 0.750 bits per heavy atom. The number of hydrogen-bond donors (Lipinski definition) is 2. The summed E-state index contributed by atoms with van der Waals surface area (Å²) in [5, 5.41) is 8.76. The van der Waals surface area contributed by atoms with Crippen LogP contribution in [-0.4, -0.2) is 56.2 Å². The zero-order valence-electron chi connectivity index (χ0n) is 29.8. The molecule has 4 aromatic rings. The standard InChI is InChI=1S/C43H50N4O4S/c44-52(50,51)41-18-15-36(16-19-41)31-47(42(48)20-17-33-7-2-1-3-8-33)32-37-11-5-12-38(29-37)39-13-6-14-40(30-39)43(49)46-27-23-35(24-28-46)10-4-9-34-21-25-45-26-22-34/h1-3,5-8,11-20,29-30,34-35,45H,4,9-10,21-28,31-32H2,(H2,44,50,51)/b20-17+. The first-order chi connectivity index (χ1) is 25.2. The topological polar surface area (TPSA) is 113 Å². The molecule has 0 bridgehead atoms. The van der Waals surface area contributed by atoms with Crippen LogP contribution in [0, 0.1) is 11.8 Å². The van der Waals surface area contributed by atoms with Gasteiger partial charge in [0.25, 0.3) is 5.91 Å². The molecule has 0 unspecified atom stereocenters. The van der Waals surface area contributed by atoms with Crippen molar-refractivity contribution in [2.24, 2.45) is 17.0 Å². The van der Waals surface area contributed by atoms with Crippen molar-refractivity contribution in [1.82, 2.24) is 15.1 Å². The fraction of sp³-hybridized carbons (Fsp3) is 0.349. The number of nitrogens with two attached hydrogens (primary N) is 1. The number of rotatable bonds is 13. The van der Waals surface area contributed by atoms with E-state index in [0.29, 0.717) is 18.0 Å². The SMILES string of the molecule is NS(=O)(=O)c1ccc(CN(Cc2cccc(-c3cccc(C(=O)N4CCC(CCCC5CCNCC5)CC4)c3)c2)C(=O)/C=C/c2ccccc2)cc1. The fourth-order valence-corrected chi connectivity index (χ4v) is 7.94. The third-order valence-electron chi connectivity index (χ3n) is 10.5. The average Bonchev–Trinajstić information content (AvgIpc) is 3.17. The third kappa shape index (κ3) is 10.5. The summed E-state index contributed by atoms with van der Waals surface area (Å²) in [4.78, 5) is 31.0. The van der Waals surface area contributed by atoms with Crippen LogP contribution in [0.15, 0.2) is 114 Å². The normalized spacial score (nSPS) is 15.9. The van der Waals surface area contributed by atoms with Crippen LogP contribution in [0.5, 0.6) is 0 Å². The third-order valence-corrected chi connectivity index (χ3v) is 11.4. The molecular weight excluding hydrogens is 669 g/mol. The molecule has 2 fully saturated rings. The van der Waals surface area contributed by atoms with Crippen molar-refractivity contribution >= 4 is 27.9 Å². The quantitative estimate of drug-likeness (QED) is 0.141. The zero-order chi connectivity index (χ0) is 36.3. The van der Waals surface area contributed by atoms with Crippen LogP contribution in [-0.2, 0) is 27.9 Å². The smallest absolute Gasteiger partial charge is 0.253 e. The molecule has 2 heterocycles. The van der Waals surface area contributed by atoms with Gasteiger partial charge in [0, 0.05) is 37.8 Å². The van der Waals surface area contributed by atoms with Gasteiger partial charge in [0.15, 0.2) is 0 Å². The van der Waals surface area contributed by atoms with E-state index in [-0.39, 0.29) is 23.3 Å². The van der Waals surface area contributed by atoms with Gasteiger partial charge in [-0.2, -0.15) is 0 Å². The van der Waals surface area contributed by atoms with Gasteiger partial charge in [-0.3, -0.25) is 9.59 Å². The van der Waals surface area contributed by atoms with Gasteiger partial charge in [0.1, 0.15) is 0 Å². The molecule has 8 nitrogen and oxygen atoms in total. The average molecular weight is 719 g/mol. The highest BCUT2D eigenvalue weighted by Gasteiger charge is 2.24. The Kier molecular flexibility index (Phi) is 12.7. The zero-order valence-corrected chi connectivity index (χ0v) is 30.6. The van der Waals surface area contributed by atoms with Crippen LogP contribution in [0.25, 0.3) is 17.2 Å². The Balaban J connectivity index is 1.11. The van der Waals surface area contributed by atoms with Crippen LogP contribution < -0.4 is 10.5 Å². The van der Waals surface area contributed by atoms with Crippen LogP contribution in [0.3, 0.4) is 0 Å². The van der Waals surface area contributed by atoms with Gasteiger partial charge in [0.05, 0.1) is 4.90 Å². The van der Waals surface area contributed by atoms with Crippen molar-refractivity contribution in [2.75, 3.05) is 26.2 Å². The molecule has 3 N–H and O–H groups in total. The molecule has 52 heavy (non-hydrogen) atoms. The highest BCUT2D eigenvalue weighted by molar-refractivity contribution is 7.89. The van der Waals surface area contributed by atoms with Crippen molar-refractivity contribution in [1.29, 1.82) is 0 Å². The van der Waals surface area contributed by atoms with Gasteiger partial charge in [-0.15, -0.1) is 0 Å². The summed E-state index contributed by atoms with van der Waals surface area (Å²) in [7, 11) is -3.82. The first-order valence-electron chi connectivity index (χ1n) is 18.5. The van der Waals surface area contributed by atoms with E-state index in [0.717, 1.165) is 72.8 Å². The summed E-state index contributed by atoms with van der Waals surface area (Å²) >= 11 is 0. The van der Waals surface area contributed by atoms with Crippen molar-refractivity contribution < 1.29 is 18.0 Å². The Labute approximate surface area is 308 Å². The number of nitrogens with one attached hydrogen (secondary N) is 1. The maximum Gasteiger partial charge on any atom is 0.253 e. The molecule has 0 saturated carbocycles. The minimum Gasteiger partial charge on any atom is -0.339 e. The highest BCUT2D eigenvalue weighted by atomic mass is 32.2. The number of benzene rings is 4. The van der Waals surface area contributed by atoms with Gasteiger partial charge < -0.3 is 15.1 Å². The first-order valence-corrected chi connectivity index (χ1v) is 20.1. The lowest BCUT2D eigenvalue weighted by Crippen LogP contribution is -2.38. The molecule has 0 atom stereocenters. The lowest BCUT2D eigenvalue weighted by molar-refractivity contribution is -0.127. The van der Waals surface area contributed by atoms with Crippen molar-refractivity contribution in [3.8, 4) is 11.1 Å². The fourth-order valence-electron chi connectivity index (χ4n) is 7.43. The van der Waals surface area contributed by atoms with E-state index in [2.05, 4.69) is 11.4 Å². The number of primary sulfonamides is 1. The number of nitrogens with zero attached hydrogens (tertiary/aromatic N) is 2. The van der Waals surface area contributed by atoms with Crippen molar-refractivity contribution in [2.45, 2.75) is 62.9 Å². The lowest BCUT2D eigenvalue weighted by Gasteiger charge is -2.32. The number of carbonyl (C=O) groups is 2. The second-order valence-electron chi connectivity index (χ2n) is 14.3. The van der Waals surface area contributed by atoms with Crippen molar-refractivity contribution in [3.63, 3.8) is 0 Å². The number of carbonyl (C=O) groups excluding carboxylic acids is 2. The number of piperidine rings is 2. The predicted octanol–water partition coefficient (Wildman–Crippen LogP) is 7.27.